The first-order chi connectivity index (χ1) is 13.1. The highest BCUT2D eigenvalue weighted by atomic mass is 31.2. The monoisotopic (exact) mass is 412 g/mol. The summed E-state index contributed by atoms with van der Waals surface area (Å²) >= 11 is 0. The van der Waals surface area contributed by atoms with Crippen molar-refractivity contribution in [3.63, 3.8) is 0 Å². The van der Waals surface area contributed by atoms with Crippen LogP contribution < -0.4 is 0 Å². The Balaban J connectivity index is 1.97. The summed E-state index contributed by atoms with van der Waals surface area (Å²) < 4.78 is 32.1. The lowest BCUT2D eigenvalue weighted by Crippen LogP contribution is -2.41. The Labute approximate surface area is 165 Å². The predicted octanol–water partition coefficient (Wildman–Crippen LogP) is 4.85. The Hall–Kier alpha value is -1.31. The van der Waals surface area contributed by atoms with Crippen LogP contribution in [0.2, 0.25) is 0 Å². The van der Waals surface area contributed by atoms with Gasteiger partial charge in [-0.1, -0.05) is 0 Å². The van der Waals surface area contributed by atoms with Crippen LogP contribution in [0.5, 0.6) is 0 Å². The van der Waals surface area contributed by atoms with Gasteiger partial charge in [0.1, 0.15) is 6.23 Å². The molecule has 2 heterocycles. The van der Waals surface area contributed by atoms with Gasteiger partial charge in [0.15, 0.2) is 5.34 Å². The third kappa shape index (κ3) is 3.76. The van der Waals surface area contributed by atoms with E-state index in [1.807, 2.05) is 34.6 Å². The minimum atomic E-state index is -3.62. The lowest BCUT2D eigenvalue weighted by molar-refractivity contribution is -0.384. The fraction of sp³-hybridized carbons (Fsp3) is 0.684. The molecule has 1 aromatic rings. The van der Waals surface area contributed by atoms with Crippen LogP contribution in [0.15, 0.2) is 24.3 Å². The first kappa shape index (κ1) is 21.4. The third-order valence-corrected chi connectivity index (χ3v) is 8.09. The number of nitrogens with zero attached hydrogens (tertiary/aromatic N) is 2. The van der Waals surface area contributed by atoms with Gasteiger partial charge in [0.2, 0.25) is 0 Å². The molecule has 2 aliphatic rings. The normalized spacial score (nSPS) is 28.2. The molecule has 0 spiro atoms. The topological polar surface area (TPSA) is 91.1 Å². The molecule has 0 aromatic heterocycles. The fourth-order valence-electron chi connectivity index (χ4n) is 4.07. The summed E-state index contributed by atoms with van der Waals surface area (Å²) in [5, 5.41) is 9.83. The molecule has 0 aliphatic carbocycles. The number of fused-ring (bicyclic) bond motifs is 1. The van der Waals surface area contributed by atoms with Crippen LogP contribution in [0.1, 0.15) is 59.3 Å². The summed E-state index contributed by atoms with van der Waals surface area (Å²) in [5.74, 6) is 0. The largest absolute Gasteiger partial charge is 0.364 e. The standard InChI is InChI=1S/C19H29N2O6P/c1-13(2)26-28(24,27-14(3)4)19(5)17-7-6-12-20(17)18(25-19)15-8-10-16(11-9-15)21(22)23/h8-11,13-14,17-18H,6-7,12H2,1-5H3. The SMILES string of the molecule is CC(C)OP(=O)(OC(C)C)C1(C)OC(c2ccc([N+](=O)[O-])cc2)N2CCCC21. The molecule has 2 fully saturated rings. The van der Waals surface area contributed by atoms with Crippen molar-refractivity contribution in [2.24, 2.45) is 0 Å². The van der Waals surface area contributed by atoms with Gasteiger partial charge in [-0.3, -0.25) is 19.6 Å². The highest BCUT2D eigenvalue weighted by Gasteiger charge is 2.64. The van der Waals surface area contributed by atoms with Gasteiger partial charge in [0, 0.05) is 18.7 Å². The van der Waals surface area contributed by atoms with Crippen molar-refractivity contribution in [2.45, 2.75) is 77.3 Å². The summed E-state index contributed by atoms with van der Waals surface area (Å²) in [7, 11) is -3.62. The highest BCUT2D eigenvalue weighted by Crippen LogP contribution is 2.69. The number of hydrogen-bond acceptors (Lipinski definition) is 7. The second-order valence-electron chi connectivity index (χ2n) is 8.08. The van der Waals surface area contributed by atoms with Crippen LogP contribution in [-0.2, 0) is 18.3 Å². The van der Waals surface area contributed by atoms with E-state index in [0.29, 0.717) is 0 Å². The van der Waals surface area contributed by atoms with Gasteiger partial charge in [-0.25, -0.2) is 0 Å². The van der Waals surface area contributed by atoms with Crippen molar-refractivity contribution < 1.29 is 23.3 Å². The quantitative estimate of drug-likeness (QED) is 0.359. The molecule has 0 bridgehead atoms. The van der Waals surface area contributed by atoms with Crippen molar-refractivity contribution in [1.29, 1.82) is 0 Å². The van der Waals surface area contributed by atoms with Crippen LogP contribution >= 0.6 is 7.60 Å². The van der Waals surface area contributed by atoms with Crippen molar-refractivity contribution in [2.75, 3.05) is 6.54 Å². The lowest BCUT2D eigenvalue weighted by Gasteiger charge is -2.37. The minimum absolute atomic E-state index is 0.0273. The van der Waals surface area contributed by atoms with Crippen LogP contribution in [0.25, 0.3) is 0 Å². The molecule has 3 rings (SSSR count). The van der Waals surface area contributed by atoms with Gasteiger partial charge in [-0.05, 0) is 65.2 Å². The molecule has 3 atom stereocenters. The van der Waals surface area contributed by atoms with E-state index in [9.17, 15) is 14.7 Å². The average molecular weight is 412 g/mol. The molecular formula is C19H29N2O6P. The summed E-state index contributed by atoms with van der Waals surface area (Å²) in [6, 6.07) is 6.21. The first-order valence-corrected chi connectivity index (χ1v) is 11.3. The van der Waals surface area contributed by atoms with Crippen molar-refractivity contribution in [3.8, 4) is 0 Å². The molecule has 156 valence electrons. The number of benzene rings is 1. The lowest BCUT2D eigenvalue weighted by atomic mass is 10.1. The number of nitro groups is 1. The van der Waals surface area contributed by atoms with Gasteiger partial charge >= 0.3 is 7.60 Å². The van der Waals surface area contributed by atoms with Crippen LogP contribution in [0, 0.1) is 10.1 Å². The molecular weight excluding hydrogens is 383 g/mol. The van der Waals surface area contributed by atoms with Crippen LogP contribution in [0.4, 0.5) is 5.69 Å². The zero-order valence-electron chi connectivity index (χ0n) is 17.0. The summed E-state index contributed by atoms with van der Waals surface area (Å²) in [5.41, 5.74) is 0.821. The second kappa shape index (κ2) is 7.84. The van der Waals surface area contributed by atoms with E-state index in [1.165, 1.54) is 12.1 Å². The minimum Gasteiger partial charge on any atom is -0.338 e. The first-order valence-electron chi connectivity index (χ1n) is 9.72. The van der Waals surface area contributed by atoms with Crippen molar-refractivity contribution in [1.82, 2.24) is 4.90 Å². The van der Waals surface area contributed by atoms with E-state index in [2.05, 4.69) is 4.90 Å². The van der Waals surface area contributed by atoms with Gasteiger partial charge in [0.05, 0.1) is 23.2 Å². The molecule has 28 heavy (non-hydrogen) atoms. The third-order valence-electron chi connectivity index (χ3n) is 5.20. The van der Waals surface area contributed by atoms with Gasteiger partial charge in [0.25, 0.3) is 5.69 Å². The van der Waals surface area contributed by atoms with E-state index in [4.69, 9.17) is 13.8 Å². The zero-order valence-corrected chi connectivity index (χ0v) is 17.9. The number of rotatable bonds is 7. The molecule has 8 nitrogen and oxygen atoms in total. The molecule has 2 saturated heterocycles. The number of non-ortho nitro benzene ring substituents is 1. The van der Waals surface area contributed by atoms with Gasteiger partial charge in [-0.2, -0.15) is 0 Å². The molecule has 0 amide bonds. The highest BCUT2D eigenvalue weighted by molar-refractivity contribution is 7.55. The Morgan fingerprint density at radius 2 is 1.79 bits per heavy atom. The molecule has 0 saturated carbocycles. The maximum atomic E-state index is 13.9. The maximum Gasteiger partial charge on any atom is 0.364 e. The molecule has 9 heteroatoms. The number of hydrogen-bond donors (Lipinski definition) is 0. The molecule has 1 aromatic carbocycles. The average Bonchev–Trinajstić information content (AvgIpc) is 3.17. The summed E-state index contributed by atoms with van der Waals surface area (Å²) in [6.07, 6.45) is 0.776. The van der Waals surface area contributed by atoms with Crippen molar-refractivity contribution >= 4 is 13.3 Å². The van der Waals surface area contributed by atoms with Gasteiger partial charge in [-0.15, -0.1) is 0 Å². The second-order valence-corrected chi connectivity index (χ2v) is 10.4. The summed E-state index contributed by atoms with van der Waals surface area (Å²) in [4.78, 5) is 12.7. The van der Waals surface area contributed by atoms with Crippen LogP contribution in [-0.4, -0.2) is 40.0 Å². The Bertz CT molecular complexity index is 754. The van der Waals surface area contributed by atoms with Crippen LogP contribution in [0.3, 0.4) is 0 Å². The smallest absolute Gasteiger partial charge is 0.338 e. The van der Waals surface area contributed by atoms with E-state index >= 15 is 0 Å². The van der Waals surface area contributed by atoms with Gasteiger partial charge < -0.3 is 13.8 Å². The van der Waals surface area contributed by atoms with E-state index in [1.54, 1.807) is 12.1 Å². The maximum absolute atomic E-state index is 13.9. The Morgan fingerprint density at radius 1 is 1.21 bits per heavy atom. The van der Waals surface area contributed by atoms with E-state index in [0.717, 1.165) is 24.9 Å². The van der Waals surface area contributed by atoms with E-state index < -0.39 is 24.1 Å². The zero-order chi connectivity index (χ0) is 20.7. The number of nitro benzene ring substituents is 1. The molecule has 0 radical (unpaired) electrons. The Kier molecular flexibility index (Phi) is 5.99. The van der Waals surface area contributed by atoms with E-state index in [-0.39, 0.29) is 23.9 Å². The predicted molar refractivity (Wildman–Crippen MR) is 105 cm³/mol. The Morgan fingerprint density at radius 3 is 2.29 bits per heavy atom. The van der Waals surface area contributed by atoms with Crippen molar-refractivity contribution in [3.05, 3.63) is 39.9 Å². The summed E-state index contributed by atoms with van der Waals surface area (Å²) in [6.45, 7) is 9.92. The molecule has 2 aliphatic heterocycles. The number of ether oxygens (including phenoxy) is 1. The fourth-order valence-corrected chi connectivity index (χ4v) is 6.52. The molecule has 0 N–H and O–H groups in total. The molecule has 3 unspecified atom stereocenters.